The first-order chi connectivity index (χ1) is 11.7. The Morgan fingerprint density at radius 2 is 2.00 bits per heavy atom. The zero-order chi connectivity index (χ0) is 16.6. The molecule has 1 saturated carbocycles. The van der Waals surface area contributed by atoms with E-state index in [1.165, 1.54) is 12.8 Å². The number of likely N-dealkylation sites (tertiary alicyclic amines) is 2. The maximum absolute atomic E-state index is 12.9. The van der Waals surface area contributed by atoms with Gasteiger partial charge < -0.3 is 9.64 Å². The van der Waals surface area contributed by atoms with Gasteiger partial charge in [-0.05, 0) is 57.2 Å². The van der Waals surface area contributed by atoms with Crippen LogP contribution in [-0.4, -0.2) is 54.0 Å². The minimum atomic E-state index is -0.0651. The number of nitrogens with zero attached hydrogens (tertiary/aromatic N) is 3. The Morgan fingerprint density at radius 1 is 1.25 bits per heavy atom. The molecule has 0 aromatic carbocycles. The van der Waals surface area contributed by atoms with Gasteiger partial charge in [0.1, 0.15) is 0 Å². The van der Waals surface area contributed by atoms with Gasteiger partial charge >= 0.3 is 0 Å². The Balaban J connectivity index is 1.35. The van der Waals surface area contributed by atoms with Gasteiger partial charge in [0, 0.05) is 31.4 Å². The Morgan fingerprint density at radius 3 is 2.71 bits per heavy atom. The molecule has 5 nitrogen and oxygen atoms in total. The van der Waals surface area contributed by atoms with Crippen molar-refractivity contribution in [3.8, 4) is 5.88 Å². The largest absolute Gasteiger partial charge is 0.481 e. The average Bonchev–Trinajstić information content (AvgIpc) is 3.39. The summed E-state index contributed by atoms with van der Waals surface area (Å²) in [4.78, 5) is 21.8. The molecule has 1 amide bonds. The highest BCUT2D eigenvalue weighted by Gasteiger charge is 2.48. The highest BCUT2D eigenvalue weighted by Crippen LogP contribution is 2.43. The maximum atomic E-state index is 12.9. The number of piperidine rings is 1. The van der Waals surface area contributed by atoms with Crippen molar-refractivity contribution in [3.63, 3.8) is 0 Å². The Labute approximate surface area is 144 Å². The molecule has 4 rings (SSSR count). The number of aromatic nitrogens is 1. The standard InChI is InChI=1S/C19H27N3O2/c1-24-17-16(3-2-9-20-17)14-21-10-6-19(7-11-21)8-12-22(18(19)23)13-15-4-5-15/h2-3,9,15H,4-8,10-14H2,1H3. The zero-order valence-corrected chi connectivity index (χ0v) is 14.5. The van der Waals surface area contributed by atoms with Crippen LogP contribution < -0.4 is 4.74 Å². The first kappa shape index (κ1) is 15.9. The van der Waals surface area contributed by atoms with Gasteiger partial charge in [0.05, 0.1) is 12.5 Å². The van der Waals surface area contributed by atoms with Crippen molar-refractivity contribution in [2.45, 2.75) is 38.6 Å². The van der Waals surface area contributed by atoms with Crippen molar-refractivity contribution in [2.75, 3.05) is 33.3 Å². The van der Waals surface area contributed by atoms with Crippen LogP contribution in [0.2, 0.25) is 0 Å². The van der Waals surface area contributed by atoms with E-state index in [-0.39, 0.29) is 5.41 Å². The fourth-order valence-electron chi connectivity index (χ4n) is 4.25. The van der Waals surface area contributed by atoms with Gasteiger partial charge in [0.25, 0.3) is 0 Å². The van der Waals surface area contributed by atoms with E-state index in [1.54, 1.807) is 13.3 Å². The molecule has 3 fully saturated rings. The highest BCUT2D eigenvalue weighted by molar-refractivity contribution is 5.85. The van der Waals surface area contributed by atoms with Gasteiger partial charge in [-0.2, -0.15) is 0 Å². The van der Waals surface area contributed by atoms with Crippen molar-refractivity contribution in [1.82, 2.24) is 14.8 Å². The van der Waals surface area contributed by atoms with E-state index in [9.17, 15) is 4.79 Å². The summed E-state index contributed by atoms with van der Waals surface area (Å²) in [7, 11) is 1.67. The third-order valence-corrected chi connectivity index (χ3v) is 6.03. The van der Waals surface area contributed by atoms with Crippen LogP contribution in [0.4, 0.5) is 0 Å². The summed E-state index contributed by atoms with van der Waals surface area (Å²) in [6.45, 7) is 4.82. The van der Waals surface area contributed by atoms with Crippen molar-refractivity contribution < 1.29 is 9.53 Å². The number of ether oxygens (including phenoxy) is 1. The summed E-state index contributed by atoms with van der Waals surface area (Å²) in [6.07, 6.45) is 7.45. The number of hydrogen-bond donors (Lipinski definition) is 0. The maximum Gasteiger partial charge on any atom is 0.228 e. The topological polar surface area (TPSA) is 45.7 Å². The second-order valence-electron chi connectivity index (χ2n) is 7.67. The van der Waals surface area contributed by atoms with Gasteiger partial charge in [-0.15, -0.1) is 0 Å². The number of carbonyl (C=O) groups is 1. The fraction of sp³-hybridized carbons (Fsp3) is 0.684. The van der Waals surface area contributed by atoms with Crippen molar-refractivity contribution in [2.24, 2.45) is 11.3 Å². The molecule has 2 aliphatic heterocycles. The Hall–Kier alpha value is -1.62. The third-order valence-electron chi connectivity index (χ3n) is 6.03. The van der Waals surface area contributed by atoms with Crippen LogP contribution >= 0.6 is 0 Å². The summed E-state index contributed by atoms with van der Waals surface area (Å²) >= 11 is 0. The number of hydrogen-bond acceptors (Lipinski definition) is 4. The first-order valence-corrected chi connectivity index (χ1v) is 9.20. The molecule has 1 aromatic rings. The predicted octanol–water partition coefficient (Wildman–Crippen LogP) is 2.31. The number of pyridine rings is 1. The molecule has 130 valence electrons. The molecule has 0 atom stereocenters. The van der Waals surface area contributed by atoms with Crippen LogP contribution in [0.1, 0.15) is 37.7 Å². The summed E-state index contributed by atoms with van der Waals surface area (Å²) < 4.78 is 5.36. The van der Waals surface area contributed by atoms with Crippen molar-refractivity contribution in [1.29, 1.82) is 0 Å². The summed E-state index contributed by atoms with van der Waals surface area (Å²) in [5.41, 5.74) is 1.06. The zero-order valence-electron chi connectivity index (χ0n) is 14.5. The lowest BCUT2D eigenvalue weighted by Crippen LogP contribution is -2.44. The predicted molar refractivity (Wildman–Crippen MR) is 91.7 cm³/mol. The number of carbonyl (C=O) groups excluding carboxylic acids is 1. The van der Waals surface area contributed by atoms with E-state index in [1.807, 2.05) is 6.07 Å². The highest BCUT2D eigenvalue weighted by atomic mass is 16.5. The molecule has 0 bridgehead atoms. The molecule has 2 saturated heterocycles. The molecule has 24 heavy (non-hydrogen) atoms. The molecular formula is C19H27N3O2. The molecule has 5 heteroatoms. The van der Waals surface area contributed by atoms with Crippen LogP contribution in [0.25, 0.3) is 0 Å². The van der Waals surface area contributed by atoms with Gasteiger partial charge in [-0.1, -0.05) is 6.07 Å². The van der Waals surface area contributed by atoms with E-state index < -0.39 is 0 Å². The number of rotatable bonds is 5. The van der Waals surface area contributed by atoms with E-state index >= 15 is 0 Å². The normalized spacial score (nSPS) is 23.9. The van der Waals surface area contributed by atoms with Gasteiger partial charge in [-0.25, -0.2) is 4.98 Å². The van der Waals surface area contributed by atoms with E-state index in [0.29, 0.717) is 11.8 Å². The van der Waals surface area contributed by atoms with Crippen molar-refractivity contribution >= 4 is 5.91 Å². The third kappa shape index (κ3) is 3.02. The van der Waals surface area contributed by atoms with Crippen LogP contribution in [0.3, 0.4) is 0 Å². The lowest BCUT2D eigenvalue weighted by molar-refractivity contribution is -0.138. The van der Waals surface area contributed by atoms with Crippen LogP contribution in [0.15, 0.2) is 18.3 Å². The lowest BCUT2D eigenvalue weighted by atomic mass is 9.77. The summed E-state index contributed by atoms with van der Waals surface area (Å²) in [5.74, 6) is 1.94. The minimum absolute atomic E-state index is 0.0651. The number of amides is 1. The molecule has 0 radical (unpaired) electrons. The van der Waals surface area contributed by atoms with E-state index in [0.717, 1.165) is 63.5 Å². The molecule has 0 N–H and O–H groups in total. The quantitative estimate of drug-likeness (QED) is 0.832. The van der Waals surface area contributed by atoms with Crippen LogP contribution in [0.5, 0.6) is 5.88 Å². The van der Waals surface area contributed by atoms with Gasteiger partial charge in [0.15, 0.2) is 0 Å². The monoisotopic (exact) mass is 329 g/mol. The Kier molecular flexibility index (Phi) is 4.21. The minimum Gasteiger partial charge on any atom is -0.481 e. The van der Waals surface area contributed by atoms with E-state index in [4.69, 9.17) is 4.74 Å². The molecular weight excluding hydrogens is 302 g/mol. The molecule has 3 aliphatic rings. The first-order valence-electron chi connectivity index (χ1n) is 9.20. The molecule has 1 aromatic heterocycles. The smallest absolute Gasteiger partial charge is 0.228 e. The second kappa shape index (κ2) is 6.36. The summed E-state index contributed by atoms with van der Waals surface area (Å²) in [5, 5.41) is 0. The lowest BCUT2D eigenvalue weighted by Gasteiger charge is -2.38. The van der Waals surface area contributed by atoms with Crippen LogP contribution in [0, 0.1) is 11.3 Å². The van der Waals surface area contributed by atoms with Gasteiger partial charge in [-0.3, -0.25) is 9.69 Å². The van der Waals surface area contributed by atoms with Gasteiger partial charge in [0.2, 0.25) is 11.8 Å². The SMILES string of the molecule is COc1ncccc1CN1CCC2(CC1)CCN(CC1CC1)C2=O. The van der Waals surface area contributed by atoms with Crippen molar-refractivity contribution in [3.05, 3.63) is 23.9 Å². The molecule has 3 heterocycles. The molecule has 0 unspecified atom stereocenters. The number of methoxy groups -OCH3 is 1. The second-order valence-corrected chi connectivity index (χ2v) is 7.67. The van der Waals surface area contributed by atoms with Crippen LogP contribution in [-0.2, 0) is 11.3 Å². The fourth-order valence-corrected chi connectivity index (χ4v) is 4.25. The Bertz CT molecular complexity index is 606. The molecule has 1 aliphatic carbocycles. The molecule has 1 spiro atoms. The average molecular weight is 329 g/mol. The summed E-state index contributed by atoms with van der Waals surface area (Å²) in [6, 6.07) is 4.04. The van der Waals surface area contributed by atoms with E-state index in [2.05, 4.69) is 20.9 Å².